The van der Waals surface area contributed by atoms with Crippen molar-refractivity contribution in [1.29, 1.82) is 0 Å². The van der Waals surface area contributed by atoms with E-state index < -0.39 is 29.7 Å². The van der Waals surface area contributed by atoms with E-state index in [2.05, 4.69) is 16.4 Å². The van der Waals surface area contributed by atoms with Gasteiger partial charge in [0.05, 0.1) is 5.56 Å². The zero-order chi connectivity index (χ0) is 33.1. The summed E-state index contributed by atoms with van der Waals surface area (Å²) in [6.07, 6.45) is 4.35. The standard InChI is InChI=1S/C37H42F2N4O3/c1-4-13-43(14-5-2)36(44)30-15-25(3)16-31(21-30)37(45)46-35(34(40)20-27-18-32(38)22-33(39)19-27)24-42-23-26-7-6-8-29(17-26)28-9-11-41-12-10-28/h6-12,15-19,21-22,34-35,42H,4-5,13-14,20,23-24,40H2,1-3H3/t34-,35+/m0/s1. The summed E-state index contributed by atoms with van der Waals surface area (Å²) in [6.45, 7) is 7.74. The van der Waals surface area contributed by atoms with Crippen LogP contribution in [0.1, 0.15) is 64.1 Å². The number of nitrogens with two attached hydrogens (primary N) is 1. The number of hydrogen-bond donors (Lipinski definition) is 2. The number of aromatic nitrogens is 1. The van der Waals surface area contributed by atoms with Gasteiger partial charge in [0.25, 0.3) is 5.91 Å². The number of nitrogens with one attached hydrogen (secondary N) is 1. The number of ether oxygens (including phenoxy) is 1. The maximum Gasteiger partial charge on any atom is 0.338 e. The quantitative estimate of drug-likeness (QED) is 0.146. The van der Waals surface area contributed by atoms with Gasteiger partial charge in [-0.05, 0) is 103 Å². The zero-order valence-electron chi connectivity index (χ0n) is 26.6. The number of rotatable bonds is 15. The number of carbonyl (C=O) groups excluding carboxylic acids is 2. The fourth-order valence-corrected chi connectivity index (χ4v) is 5.44. The maximum atomic E-state index is 13.9. The summed E-state index contributed by atoms with van der Waals surface area (Å²) in [5, 5.41) is 3.33. The summed E-state index contributed by atoms with van der Waals surface area (Å²) < 4.78 is 33.8. The van der Waals surface area contributed by atoms with Crippen molar-refractivity contribution in [2.45, 2.75) is 58.7 Å². The average molecular weight is 629 g/mol. The van der Waals surface area contributed by atoms with Gasteiger partial charge in [0.15, 0.2) is 0 Å². The van der Waals surface area contributed by atoms with Gasteiger partial charge in [-0.25, -0.2) is 13.6 Å². The third-order valence-electron chi connectivity index (χ3n) is 7.58. The molecule has 1 aromatic heterocycles. The summed E-state index contributed by atoms with van der Waals surface area (Å²) in [6, 6.07) is 19.3. The largest absolute Gasteiger partial charge is 0.456 e. The minimum atomic E-state index is -0.849. The first kappa shape index (κ1) is 34.4. The van der Waals surface area contributed by atoms with Crippen molar-refractivity contribution in [3.8, 4) is 11.1 Å². The molecule has 4 rings (SSSR count). The molecule has 0 aliphatic carbocycles. The van der Waals surface area contributed by atoms with Crippen LogP contribution in [0.15, 0.2) is 85.2 Å². The van der Waals surface area contributed by atoms with Gasteiger partial charge in [0.1, 0.15) is 17.7 Å². The van der Waals surface area contributed by atoms with Gasteiger partial charge in [-0.3, -0.25) is 9.78 Å². The molecule has 0 aliphatic heterocycles. The highest BCUT2D eigenvalue weighted by Gasteiger charge is 2.25. The molecular formula is C37H42F2N4O3. The molecule has 0 fully saturated rings. The van der Waals surface area contributed by atoms with Gasteiger partial charge in [0, 0.05) is 56.2 Å². The number of aryl methyl sites for hydroxylation is 1. The maximum absolute atomic E-state index is 13.9. The van der Waals surface area contributed by atoms with Gasteiger partial charge < -0.3 is 20.7 Å². The lowest BCUT2D eigenvalue weighted by Gasteiger charge is -2.25. The first-order valence-corrected chi connectivity index (χ1v) is 15.7. The Hall–Kier alpha value is -4.47. The molecule has 2 atom stereocenters. The highest BCUT2D eigenvalue weighted by atomic mass is 19.1. The van der Waals surface area contributed by atoms with Crippen LogP contribution in [0.4, 0.5) is 8.78 Å². The molecule has 46 heavy (non-hydrogen) atoms. The van der Waals surface area contributed by atoms with Crippen molar-refractivity contribution in [2.75, 3.05) is 19.6 Å². The molecule has 0 aliphatic rings. The van der Waals surface area contributed by atoms with E-state index in [-0.39, 0.29) is 24.4 Å². The SMILES string of the molecule is CCCN(CCC)C(=O)c1cc(C)cc(C(=O)O[C@H](CNCc2cccc(-c3ccncc3)c2)[C@@H](N)Cc2cc(F)cc(F)c2)c1. The van der Waals surface area contributed by atoms with Crippen LogP contribution in [0.5, 0.6) is 0 Å². The minimum Gasteiger partial charge on any atom is -0.456 e. The summed E-state index contributed by atoms with van der Waals surface area (Å²) in [7, 11) is 0. The number of esters is 1. The number of pyridine rings is 1. The van der Waals surface area contributed by atoms with Crippen LogP contribution >= 0.6 is 0 Å². The third kappa shape index (κ3) is 9.76. The van der Waals surface area contributed by atoms with E-state index in [0.29, 0.717) is 30.8 Å². The molecule has 0 saturated carbocycles. The Morgan fingerprint density at radius 1 is 0.870 bits per heavy atom. The Morgan fingerprint density at radius 2 is 1.54 bits per heavy atom. The second kappa shape index (κ2) is 16.7. The number of amides is 1. The Labute approximate surface area is 269 Å². The van der Waals surface area contributed by atoms with E-state index in [1.165, 1.54) is 12.1 Å². The van der Waals surface area contributed by atoms with Gasteiger partial charge in [-0.2, -0.15) is 0 Å². The summed E-state index contributed by atoms with van der Waals surface area (Å²) in [5.74, 6) is -2.19. The number of nitrogens with zero attached hydrogens (tertiary/aromatic N) is 2. The highest BCUT2D eigenvalue weighted by Crippen LogP contribution is 2.20. The van der Waals surface area contributed by atoms with E-state index in [0.717, 1.165) is 41.2 Å². The Balaban J connectivity index is 1.53. The fourth-order valence-electron chi connectivity index (χ4n) is 5.44. The molecule has 1 amide bonds. The normalized spacial score (nSPS) is 12.4. The van der Waals surface area contributed by atoms with Crippen molar-refractivity contribution < 1.29 is 23.1 Å². The van der Waals surface area contributed by atoms with Crippen molar-refractivity contribution in [3.05, 3.63) is 125 Å². The topological polar surface area (TPSA) is 97.5 Å². The van der Waals surface area contributed by atoms with Crippen LogP contribution in [0.25, 0.3) is 11.1 Å². The van der Waals surface area contributed by atoms with Crippen molar-refractivity contribution in [2.24, 2.45) is 5.73 Å². The summed E-state index contributed by atoms with van der Waals surface area (Å²) in [4.78, 5) is 32.7. The summed E-state index contributed by atoms with van der Waals surface area (Å²) >= 11 is 0. The van der Waals surface area contributed by atoms with E-state index in [9.17, 15) is 18.4 Å². The number of carbonyl (C=O) groups is 2. The molecule has 242 valence electrons. The van der Waals surface area contributed by atoms with Crippen LogP contribution in [0.2, 0.25) is 0 Å². The van der Waals surface area contributed by atoms with E-state index in [1.807, 2.05) is 51.1 Å². The second-order valence-electron chi connectivity index (χ2n) is 11.5. The van der Waals surface area contributed by atoms with Crippen LogP contribution in [0.3, 0.4) is 0 Å². The zero-order valence-corrected chi connectivity index (χ0v) is 26.6. The second-order valence-corrected chi connectivity index (χ2v) is 11.5. The van der Waals surface area contributed by atoms with Crippen LogP contribution in [0, 0.1) is 18.6 Å². The Morgan fingerprint density at radius 3 is 2.22 bits per heavy atom. The molecule has 1 heterocycles. The van der Waals surface area contributed by atoms with Crippen molar-refractivity contribution in [3.63, 3.8) is 0 Å². The molecule has 4 aromatic rings. The van der Waals surface area contributed by atoms with Crippen LogP contribution < -0.4 is 11.1 Å². The number of hydrogen-bond acceptors (Lipinski definition) is 6. The molecule has 3 aromatic carbocycles. The molecule has 9 heteroatoms. The Kier molecular flexibility index (Phi) is 12.5. The van der Waals surface area contributed by atoms with Crippen LogP contribution in [-0.2, 0) is 17.7 Å². The third-order valence-corrected chi connectivity index (χ3v) is 7.58. The van der Waals surface area contributed by atoms with E-state index in [1.54, 1.807) is 35.5 Å². The molecular weight excluding hydrogens is 586 g/mol. The van der Waals surface area contributed by atoms with Crippen molar-refractivity contribution >= 4 is 11.9 Å². The molecule has 3 N–H and O–H groups in total. The van der Waals surface area contributed by atoms with E-state index >= 15 is 0 Å². The van der Waals surface area contributed by atoms with Gasteiger partial charge in [-0.15, -0.1) is 0 Å². The van der Waals surface area contributed by atoms with Gasteiger partial charge >= 0.3 is 5.97 Å². The fraction of sp³-hybridized carbons (Fsp3) is 0.324. The Bertz CT molecular complexity index is 1590. The minimum absolute atomic E-state index is 0.0758. The van der Waals surface area contributed by atoms with Gasteiger partial charge in [0.2, 0.25) is 0 Å². The molecule has 0 saturated heterocycles. The highest BCUT2D eigenvalue weighted by molar-refractivity contribution is 5.98. The molecule has 7 nitrogen and oxygen atoms in total. The molecule has 0 radical (unpaired) electrons. The molecule has 0 bridgehead atoms. The monoisotopic (exact) mass is 628 g/mol. The molecule has 0 spiro atoms. The number of benzene rings is 3. The van der Waals surface area contributed by atoms with Crippen molar-refractivity contribution in [1.82, 2.24) is 15.2 Å². The lowest BCUT2D eigenvalue weighted by molar-refractivity contribution is 0.0238. The smallest absolute Gasteiger partial charge is 0.338 e. The van der Waals surface area contributed by atoms with Crippen LogP contribution in [-0.4, -0.2) is 53.5 Å². The lowest BCUT2D eigenvalue weighted by Crippen LogP contribution is -2.46. The molecule has 0 unspecified atom stereocenters. The predicted octanol–water partition coefficient (Wildman–Crippen LogP) is 6.48. The predicted molar refractivity (Wildman–Crippen MR) is 176 cm³/mol. The summed E-state index contributed by atoms with van der Waals surface area (Å²) in [5.41, 5.74) is 11.4. The lowest BCUT2D eigenvalue weighted by atomic mass is 10.0. The van der Waals surface area contributed by atoms with E-state index in [4.69, 9.17) is 10.5 Å². The first-order valence-electron chi connectivity index (χ1n) is 15.7. The van der Waals surface area contributed by atoms with Gasteiger partial charge in [-0.1, -0.05) is 32.0 Å². The first-order chi connectivity index (χ1) is 22.2. The number of halogens is 2. The average Bonchev–Trinajstić information content (AvgIpc) is 3.03.